The first-order valence-corrected chi connectivity index (χ1v) is 9.17. The molecule has 0 amide bonds. The van der Waals surface area contributed by atoms with E-state index in [1.807, 2.05) is 30.3 Å². The van der Waals surface area contributed by atoms with Gasteiger partial charge in [0.25, 0.3) is 0 Å². The Balaban J connectivity index is 1.96. The van der Waals surface area contributed by atoms with Crippen molar-refractivity contribution in [1.29, 1.82) is 0 Å². The van der Waals surface area contributed by atoms with Gasteiger partial charge in [0, 0.05) is 15.1 Å². The summed E-state index contributed by atoms with van der Waals surface area (Å²) in [5.74, 6) is 0.696. The monoisotopic (exact) mass is 356 g/mol. The summed E-state index contributed by atoms with van der Waals surface area (Å²) in [6, 6.07) is 16.4. The van der Waals surface area contributed by atoms with Crippen molar-refractivity contribution in [2.24, 2.45) is 0 Å². The van der Waals surface area contributed by atoms with Gasteiger partial charge in [-0.3, -0.25) is 0 Å². The van der Waals surface area contributed by atoms with Crippen LogP contribution in [0.15, 0.2) is 68.9 Å². The fourth-order valence-electron chi connectivity index (χ4n) is 1.57. The lowest BCUT2D eigenvalue weighted by Gasteiger charge is -2.04. The highest BCUT2D eigenvalue weighted by Crippen LogP contribution is 2.23. The molecular weight excluding hydrogens is 344 g/mol. The summed E-state index contributed by atoms with van der Waals surface area (Å²) in [5.41, 5.74) is 0. The van der Waals surface area contributed by atoms with Crippen molar-refractivity contribution < 1.29 is 8.42 Å². The molecule has 0 atom stereocenters. The van der Waals surface area contributed by atoms with Gasteiger partial charge in [0.05, 0.1) is 10.6 Å². The number of halogens is 1. The molecule has 19 heavy (non-hydrogen) atoms. The summed E-state index contributed by atoms with van der Waals surface area (Å²) in [5, 5.41) is 0. The zero-order chi connectivity index (χ0) is 13.7. The summed E-state index contributed by atoms with van der Waals surface area (Å²) >= 11 is 4.95. The normalized spacial score (nSPS) is 11.4. The van der Waals surface area contributed by atoms with Crippen molar-refractivity contribution in [2.45, 2.75) is 9.79 Å². The minimum atomic E-state index is -3.17. The van der Waals surface area contributed by atoms with E-state index >= 15 is 0 Å². The molecule has 0 fully saturated rings. The second-order valence-electron chi connectivity index (χ2n) is 3.94. The van der Waals surface area contributed by atoms with E-state index in [0.717, 1.165) is 9.37 Å². The lowest BCUT2D eigenvalue weighted by molar-refractivity contribution is 0.597. The minimum Gasteiger partial charge on any atom is -0.224 e. The molecule has 5 heteroatoms. The zero-order valence-electron chi connectivity index (χ0n) is 10.1. The Morgan fingerprint density at radius 2 is 1.74 bits per heavy atom. The van der Waals surface area contributed by atoms with Crippen LogP contribution in [0.2, 0.25) is 0 Å². The SMILES string of the molecule is O=S(=O)(CCSc1cccc(Br)c1)c1ccccc1. The third-order valence-corrected chi connectivity index (χ3v) is 6.00. The van der Waals surface area contributed by atoms with Gasteiger partial charge in [-0.2, -0.15) is 0 Å². The van der Waals surface area contributed by atoms with Crippen LogP contribution in [0.3, 0.4) is 0 Å². The molecular formula is C14H13BrO2S2. The van der Waals surface area contributed by atoms with Gasteiger partial charge in [-0.25, -0.2) is 8.42 Å². The summed E-state index contributed by atoms with van der Waals surface area (Å²) in [6.45, 7) is 0. The van der Waals surface area contributed by atoms with Crippen LogP contribution >= 0.6 is 27.7 Å². The molecule has 0 unspecified atom stereocenters. The minimum absolute atomic E-state index is 0.147. The summed E-state index contributed by atoms with van der Waals surface area (Å²) in [7, 11) is -3.17. The molecule has 2 rings (SSSR count). The number of thioether (sulfide) groups is 1. The molecule has 100 valence electrons. The van der Waals surface area contributed by atoms with E-state index in [2.05, 4.69) is 15.9 Å². The molecule has 2 aromatic carbocycles. The summed E-state index contributed by atoms with van der Waals surface area (Å²) in [6.07, 6.45) is 0. The Bertz CT molecular complexity index is 640. The van der Waals surface area contributed by atoms with Crippen molar-refractivity contribution in [1.82, 2.24) is 0 Å². The van der Waals surface area contributed by atoms with Gasteiger partial charge in [-0.05, 0) is 30.3 Å². The second kappa shape index (κ2) is 6.59. The third kappa shape index (κ3) is 4.37. The zero-order valence-corrected chi connectivity index (χ0v) is 13.3. The number of hydrogen-bond acceptors (Lipinski definition) is 3. The van der Waals surface area contributed by atoms with Crippen LogP contribution in [0.4, 0.5) is 0 Å². The van der Waals surface area contributed by atoms with E-state index < -0.39 is 9.84 Å². The van der Waals surface area contributed by atoms with Gasteiger partial charge in [0.2, 0.25) is 0 Å². The quantitative estimate of drug-likeness (QED) is 0.758. The summed E-state index contributed by atoms with van der Waals surface area (Å²) in [4.78, 5) is 1.46. The predicted molar refractivity (Wildman–Crippen MR) is 83.4 cm³/mol. The van der Waals surface area contributed by atoms with Gasteiger partial charge >= 0.3 is 0 Å². The average Bonchev–Trinajstić information content (AvgIpc) is 2.40. The molecule has 2 nitrogen and oxygen atoms in total. The largest absolute Gasteiger partial charge is 0.224 e. The standard InChI is InChI=1S/C14H13BrO2S2/c15-12-5-4-6-13(11-12)18-9-10-19(16,17)14-7-2-1-3-8-14/h1-8,11H,9-10H2. The fraction of sp³-hybridized carbons (Fsp3) is 0.143. The molecule has 0 spiro atoms. The van der Waals surface area contributed by atoms with Crippen LogP contribution in [0.5, 0.6) is 0 Å². The van der Waals surface area contributed by atoms with Gasteiger partial charge in [-0.15, -0.1) is 11.8 Å². The van der Waals surface area contributed by atoms with Gasteiger partial charge < -0.3 is 0 Å². The Kier molecular flexibility index (Phi) is 5.07. The van der Waals surface area contributed by atoms with E-state index in [-0.39, 0.29) is 5.75 Å². The van der Waals surface area contributed by atoms with Crippen molar-refractivity contribution in [2.75, 3.05) is 11.5 Å². The number of sulfone groups is 1. The topological polar surface area (TPSA) is 34.1 Å². The van der Waals surface area contributed by atoms with Gasteiger partial charge in [0.1, 0.15) is 0 Å². The first-order chi connectivity index (χ1) is 9.08. The van der Waals surface area contributed by atoms with Crippen LogP contribution in [0, 0.1) is 0 Å². The van der Waals surface area contributed by atoms with E-state index in [1.54, 1.807) is 36.0 Å². The number of rotatable bonds is 5. The number of hydrogen-bond donors (Lipinski definition) is 0. The maximum absolute atomic E-state index is 12.1. The first kappa shape index (κ1) is 14.6. The highest BCUT2D eigenvalue weighted by molar-refractivity contribution is 9.10. The highest BCUT2D eigenvalue weighted by atomic mass is 79.9. The smallest absolute Gasteiger partial charge is 0.179 e. The van der Waals surface area contributed by atoms with E-state index in [4.69, 9.17) is 0 Å². The van der Waals surface area contributed by atoms with Crippen LogP contribution in [-0.2, 0) is 9.84 Å². The molecule has 0 bridgehead atoms. The third-order valence-electron chi connectivity index (χ3n) is 2.52. The van der Waals surface area contributed by atoms with Gasteiger partial charge in [0.15, 0.2) is 9.84 Å². The fourth-order valence-corrected chi connectivity index (χ4v) is 4.76. The molecule has 0 aliphatic rings. The molecule has 0 saturated heterocycles. The van der Waals surface area contributed by atoms with Crippen LogP contribution in [0.1, 0.15) is 0 Å². The van der Waals surface area contributed by atoms with Crippen LogP contribution < -0.4 is 0 Å². The van der Waals surface area contributed by atoms with Crippen LogP contribution in [-0.4, -0.2) is 19.9 Å². The van der Waals surface area contributed by atoms with Crippen molar-refractivity contribution >= 4 is 37.5 Å². The maximum atomic E-state index is 12.1. The maximum Gasteiger partial charge on any atom is 0.179 e. The van der Waals surface area contributed by atoms with Crippen molar-refractivity contribution in [3.63, 3.8) is 0 Å². The lowest BCUT2D eigenvalue weighted by Crippen LogP contribution is -2.08. The molecule has 2 aromatic rings. The molecule has 0 saturated carbocycles. The van der Waals surface area contributed by atoms with E-state index in [0.29, 0.717) is 10.6 Å². The molecule has 0 aromatic heterocycles. The Morgan fingerprint density at radius 3 is 2.42 bits per heavy atom. The Labute approximate surface area is 126 Å². The average molecular weight is 357 g/mol. The second-order valence-corrected chi connectivity index (χ2v) is 8.13. The van der Waals surface area contributed by atoms with Gasteiger partial charge in [-0.1, -0.05) is 40.2 Å². The molecule has 0 heterocycles. The van der Waals surface area contributed by atoms with E-state index in [1.165, 1.54) is 0 Å². The molecule has 0 radical (unpaired) electrons. The first-order valence-electron chi connectivity index (χ1n) is 5.74. The lowest BCUT2D eigenvalue weighted by atomic mass is 10.4. The molecule has 0 N–H and O–H groups in total. The number of benzene rings is 2. The van der Waals surface area contributed by atoms with Crippen LogP contribution in [0.25, 0.3) is 0 Å². The predicted octanol–water partition coefficient (Wildman–Crippen LogP) is 4.02. The van der Waals surface area contributed by atoms with Crippen molar-refractivity contribution in [3.05, 3.63) is 59.1 Å². The van der Waals surface area contributed by atoms with E-state index in [9.17, 15) is 8.42 Å². The molecule has 0 aliphatic carbocycles. The Hall–Kier alpha value is -0.780. The molecule has 0 aliphatic heterocycles. The summed E-state index contributed by atoms with van der Waals surface area (Å²) < 4.78 is 25.1. The highest BCUT2D eigenvalue weighted by Gasteiger charge is 2.13. The Morgan fingerprint density at radius 1 is 1.00 bits per heavy atom. The van der Waals surface area contributed by atoms with Crippen molar-refractivity contribution in [3.8, 4) is 0 Å².